The van der Waals surface area contributed by atoms with Crippen molar-refractivity contribution in [2.75, 3.05) is 13.1 Å². The van der Waals surface area contributed by atoms with Crippen LogP contribution in [0.2, 0.25) is 0 Å². The number of aromatic nitrogens is 1. The molecular formula is C15H24N2O4. The number of aliphatic hydroxyl groups is 1. The van der Waals surface area contributed by atoms with Gasteiger partial charge in [0, 0.05) is 18.0 Å². The molecule has 21 heavy (non-hydrogen) atoms. The predicted molar refractivity (Wildman–Crippen MR) is 77.1 cm³/mol. The Labute approximate surface area is 125 Å². The molecule has 2 unspecified atom stereocenters. The molecule has 2 rings (SSSR count). The third kappa shape index (κ3) is 3.56. The van der Waals surface area contributed by atoms with Gasteiger partial charge in [-0.2, -0.15) is 0 Å². The molecule has 1 aliphatic heterocycles. The predicted octanol–water partition coefficient (Wildman–Crippen LogP) is 2.38. The molecule has 1 aromatic rings. The molecule has 6 nitrogen and oxygen atoms in total. The molecule has 0 spiro atoms. The Hall–Kier alpha value is -1.56. The fraction of sp³-hybridized carbons (Fsp3) is 0.733. The average Bonchev–Trinajstić information content (AvgIpc) is 2.67. The number of carbonyl (C=O) groups excluding carboxylic acids is 1. The van der Waals surface area contributed by atoms with Gasteiger partial charge in [-0.1, -0.05) is 5.16 Å². The van der Waals surface area contributed by atoms with Crippen molar-refractivity contribution < 1.29 is 19.2 Å². The van der Waals surface area contributed by atoms with Crippen LogP contribution in [-0.4, -0.2) is 46.1 Å². The molecule has 1 aromatic heterocycles. The third-order valence-electron chi connectivity index (χ3n) is 3.69. The number of carbonyl (C=O) groups is 1. The molecule has 1 amide bonds. The minimum absolute atomic E-state index is 0.0464. The van der Waals surface area contributed by atoms with Crippen molar-refractivity contribution in [2.24, 2.45) is 0 Å². The highest BCUT2D eigenvalue weighted by Crippen LogP contribution is 2.33. The highest BCUT2D eigenvalue weighted by atomic mass is 16.6. The molecule has 0 saturated carbocycles. The number of ether oxygens (including phenoxy) is 1. The molecule has 1 fully saturated rings. The van der Waals surface area contributed by atoms with Crippen LogP contribution in [0, 0.1) is 13.8 Å². The van der Waals surface area contributed by atoms with E-state index in [0.717, 1.165) is 17.0 Å². The highest BCUT2D eigenvalue weighted by molar-refractivity contribution is 5.68. The normalized spacial score (nSPS) is 23.2. The van der Waals surface area contributed by atoms with Crippen molar-refractivity contribution in [3.63, 3.8) is 0 Å². The van der Waals surface area contributed by atoms with Crippen LogP contribution in [0.25, 0.3) is 0 Å². The molecule has 1 N–H and O–H groups in total. The van der Waals surface area contributed by atoms with Gasteiger partial charge in [0.2, 0.25) is 0 Å². The van der Waals surface area contributed by atoms with Gasteiger partial charge in [-0.25, -0.2) is 4.79 Å². The Morgan fingerprint density at radius 2 is 2.10 bits per heavy atom. The number of nitrogens with zero attached hydrogens (tertiary/aromatic N) is 2. The number of hydrogen-bond acceptors (Lipinski definition) is 5. The van der Waals surface area contributed by atoms with Gasteiger partial charge in [0.1, 0.15) is 11.4 Å². The van der Waals surface area contributed by atoms with Gasteiger partial charge >= 0.3 is 6.09 Å². The Bertz CT molecular complexity index is 499. The molecule has 2 heterocycles. The van der Waals surface area contributed by atoms with Crippen molar-refractivity contribution in [3.8, 4) is 0 Å². The second kappa shape index (κ2) is 5.67. The van der Waals surface area contributed by atoms with Crippen LogP contribution in [0.15, 0.2) is 4.52 Å². The zero-order valence-corrected chi connectivity index (χ0v) is 13.3. The number of rotatable bonds is 1. The highest BCUT2D eigenvalue weighted by Gasteiger charge is 2.35. The summed E-state index contributed by atoms with van der Waals surface area (Å²) in [4.78, 5) is 13.6. The maximum Gasteiger partial charge on any atom is 0.410 e. The summed E-state index contributed by atoms with van der Waals surface area (Å²) < 4.78 is 10.5. The lowest BCUT2D eigenvalue weighted by Crippen LogP contribution is -2.47. The van der Waals surface area contributed by atoms with Crippen molar-refractivity contribution in [1.82, 2.24) is 10.1 Å². The van der Waals surface area contributed by atoms with Crippen LogP contribution in [0.5, 0.6) is 0 Å². The van der Waals surface area contributed by atoms with Crippen molar-refractivity contribution in [1.29, 1.82) is 0 Å². The molecule has 1 aliphatic rings. The standard InChI is InChI=1S/C15H24N2O4/c1-9-13(10(2)21-16-9)11-6-7-17(8-12(11)18)14(19)20-15(3,4)5/h11-12,18H,6-8H2,1-5H3. The summed E-state index contributed by atoms with van der Waals surface area (Å²) in [5.41, 5.74) is 1.24. The quantitative estimate of drug-likeness (QED) is 0.861. The van der Waals surface area contributed by atoms with Gasteiger partial charge in [-0.05, 0) is 41.0 Å². The Morgan fingerprint density at radius 1 is 1.43 bits per heavy atom. The van der Waals surface area contributed by atoms with Crippen LogP contribution in [0.4, 0.5) is 4.79 Å². The molecule has 0 radical (unpaired) electrons. The summed E-state index contributed by atoms with van der Waals surface area (Å²) in [5, 5.41) is 14.3. The Morgan fingerprint density at radius 3 is 2.57 bits per heavy atom. The Balaban J connectivity index is 2.04. The lowest BCUT2D eigenvalue weighted by molar-refractivity contribution is -0.00166. The maximum absolute atomic E-state index is 12.0. The summed E-state index contributed by atoms with van der Waals surface area (Å²) in [6, 6.07) is 0. The molecular weight excluding hydrogens is 272 g/mol. The van der Waals surface area contributed by atoms with E-state index in [2.05, 4.69) is 5.16 Å². The minimum atomic E-state index is -0.636. The summed E-state index contributed by atoms with van der Waals surface area (Å²) >= 11 is 0. The molecule has 2 atom stereocenters. The number of likely N-dealkylation sites (tertiary alicyclic amines) is 1. The second-order valence-electron chi connectivity index (χ2n) is 6.63. The van der Waals surface area contributed by atoms with Gasteiger partial charge in [0.25, 0.3) is 0 Å². The first-order valence-electron chi connectivity index (χ1n) is 7.28. The van der Waals surface area contributed by atoms with Crippen LogP contribution >= 0.6 is 0 Å². The molecule has 6 heteroatoms. The average molecular weight is 296 g/mol. The van der Waals surface area contributed by atoms with Gasteiger partial charge in [0.05, 0.1) is 18.3 Å². The lowest BCUT2D eigenvalue weighted by Gasteiger charge is -2.36. The Kier molecular flexibility index (Phi) is 4.27. The van der Waals surface area contributed by atoms with E-state index in [1.54, 1.807) is 4.90 Å². The first-order chi connectivity index (χ1) is 9.69. The van der Waals surface area contributed by atoms with Crippen molar-refractivity contribution >= 4 is 6.09 Å². The topological polar surface area (TPSA) is 75.8 Å². The van der Waals surface area contributed by atoms with E-state index < -0.39 is 11.7 Å². The molecule has 1 saturated heterocycles. The van der Waals surface area contributed by atoms with E-state index in [0.29, 0.717) is 13.0 Å². The largest absolute Gasteiger partial charge is 0.444 e. The first-order valence-corrected chi connectivity index (χ1v) is 7.28. The van der Waals surface area contributed by atoms with Crippen LogP contribution < -0.4 is 0 Å². The van der Waals surface area contributed by atoms with Crippen molar-refractivity contribution in [2.45, 2.75) is 58.7 Å². The SMILES string of the molecule is Cc1noc(C)c1C1CCN(C(=O)OC(C)(C)C)CC1O. The number of amides is 1. The number of piperidine rings is 1. The van der Waals surface area contributed by atoms with Gasteiger partial charge in [0.15, 0.2) is 0 Å². The fourth-order valence-electron chi connectivity index (χ4n) is 2.78. The van der Waals surface area contributed by atoms with Gasteiger partial charge in [-0.3, -0.25) is 0 Å². The molecule has 118 valence electrons. The van der Waals surface area contributed by atoms with E-state index in [1.165, 1.54) is 0 Å². The van der Waals surface area contributed by atoms with E-state index in [9.17, 15) is 9.90 Å². The number of aryl methyl sites for hydroxylation is 2. The monoisotopic (exact) mass is 296 g/mol. The second-order valence-corrected chi connectivity index (χ2v) is 6.63. The molecule has 0 aliphatic carbocycles. The summed E-state index contributed by atoms with van der Waals surface area (Å²) in [6.07, 6.45) is -0.342. The lowest BCUT2D eigenvalue weighted by atomic mass is 9.86. The summed E-state index contributed by atoms with van der Waals surface area (Å²) in [5.74, 6) is 0.692. The van der Waals surface area contributed by atoms with Crippen LogP contribution in [0.3, 0.4) is 0 Å². The summed E-state index contributed by atoms with van der Waals surface area (Å²) in [7, 11) is 0. The zero-order valence-electron chi connectivity index (χ0n) is 13.3. The zero-order chi connectivity index (χ0) is 15.8. The van der Waals surface area contributed by atoms with Crippen molar-refractivity contribution in [3.05, 3.63) is 17.0 Å². The molecule has 0 aromatic carbocycles. The van der Waals surface area contributed by atoms with E-state index in [4.69, 9.17) is 9.26 Å². The van der Waals surface area contributed by atoms with Gasteiger partial charge < -0.3 is 19.3 Å². The number of hydrogen-bond donors (Lipinski definition) is 1. The maximum atomic E-state index is 12.0. The third-order valence-corrected chi connectivity index (χ3v) is 3.69. The first kappa shape index (κ1) is 15.8. The smallest absolute Gasteiger partial charge is 0.410 e. The minimum Gasteiger partial charge on any atom is -0.444 e. The molecule has 0 bridgehead atoms. The number of aliphatic hydroxyl groups excluding tert-OH is 1. The number of β-amino-alcohol motifs (C(OH)–C–C–N with tert-alkyl or cyclic N) is 1. The summed E-state index contributed by atoms with van der Waals surface area (Å²) in [6.45, 7) is 10.0. The van der Waals surface area contributed by atoms with E-state index >= 15 is 0 Å². The van der Waals surface area contributed by atoms with E-state index in [-0.39, 0.29) is 18.6 Å². The van der Waals surface area contributed by atoms with Crippen LogP contribution in [-0.2, 0) is 4.74 Å². The fourth-order valence-corrected chi connectivity index (χ4v) is 2.78. The van der Waals surface area contributed by atoms with E-state index in [1.807, 2.05) is 34.6 Å². The van der Waals surface area contributed by atoms with Gasteiger partial charge in [-0.15, -0.1) is 0 Å². The van der Waals surface area contributed by atoms with Crippen LogP contribution in [0.1, 0.15) is 50.1 Å².